The maximum absolute atomic E-state index is 13.3. The molecule has 4 aromatic carbocycles. The van der Waals surface area contributed by atoms with Gasteiger partial charge in [0.2, 0.25) is 0 Å². The van der Waals surface area contributed by atoms with Gasteiger partial charge in [-0.3, -0.25) is 19.8 Å². The highest BCUT2D eigenvalue weighted by Crippen LogP contribution is 2.31. The van der Waals surface area contributed by atoms with Gasteiger partial charge in [-0.1, -0.05) is 78.9 Å². The van der Waals surface area contributed by atoms with Crippen molar-refractivity contribution in [3.05, 3.63) is 141 Å². The Hall–Kier alpha value is -4.49. The average Bonchev–Trinajstić information content (AvgIpc) is 3.32. The number of carbonyl (C=O) groups is 1. The van der Waals surface area contributed by atoms with Crippen molar-refractivity contribution in [3.8, 4) is 0 Å². The molecule has 0 aromatic heterocycles. The van der Waals surface area contributed by atoms with Crippen LogP contribution in [-0.4, -0.2) is 53.4 Å². The van der Waals surface area contributed by atoms with Gasteiger partial charge in [0.05, 0.1) is 4.92 Å². The molecule has 1 fully saturated rings. The highest BCUT2D eigenvalue weighted by molar-refractivity contribution is 5.99. The van der Waals surface area contributed by atoms with E-state index >= 15 is 0 Å². The van der Waals surface area contributed by atoms with E-state index in [1.54, 1.807) is 17.0 Å². The summed E-state index contributed by atoms with van der Waals surface area (Å²) in [6.07, 6.45) is 1.07. The van der Waals surface area contributed by atoms with Crippen molar-refractivity contribution in [3.63, 3.8) is 0 Å². The van der Waals surface area contributed by atoms with Crippen molar-refractivity contribution in [2.75, 3.05) is 37.6 Å². The number of fused-ring (bicyclic) bond motifs is 1. The van der Waals surface area contributed by atoms with Crippen LogP contribution in [0.15, 0.2) is 103 Å². The van der Waals surface area contributed by atoms with E-state index in [1.807, 2.05) is 12.1 Å². The van der Waals surface area contributed by atoms with Gasteiger partial charge in [0.25, 0.3) is 11.6 Å². The van der Waals surface area contributed by atoms with Gasteiger partial charge in [0.1, 0.15) is 0 Å². The van der Waals surface area contributed by atoms with Crippen molar-refractivity contribution in [2.45, 2.75) is 25.4 Å². The Morgan fingerprint density at radius 1 is 0.780 bits per heavy atom. The largest absolute Gasteiger partial charge is 0.369 e. The maximum atomic E-state index is 13.3. The van der Waals surface area contributed by atoms with Crippen molar-refractivity contribution in [2.24, 2.45) is 0 Å². The number of anilines is 1. The quantitative estimate of drug-likeness (QED) is 0.188. The molecule has 1 saturated heterocycles. The first-order valence-corrected chi connectivity index (χ1v) is 14.3. The Kier molecular flexibility index (Phi) is 7.78. The number of amides is 1. The second kappa shape index (κ2) is 11.9. The minimum absolute atomic E-state index is 0.0140. The van der Waals surface area contributed by atoms with Gasteiger partial charge in [0.15, 0.2) is 0 Å². The van der Waals surface area contributed by atoms with E-state index in [1.165, 1.54) is 17.2 Å². The van der Waals surface area contributed by atoms with E-state index in [2.05, 4.69) is 82.6 Å². The average molecular weight is 547 g/mol. The summed E-state index contributed by atoms with van der Waals surface area (Å²) in [6.45, 7) is 5.74. The first-order chi connectivity index (χ1) is 20.0. The molecular formula is C34H34N4O3. The normalized spacial score (nSPS) is 15.4. The molecule has 2 heterocycles. The number of hydrogen-bond acceptors (Lipinski definition) is 5. The van der Waals surface area contributed by atoms with Gasteiger partial charge in [-0.05, 0) is 47.4 Å². The predicted octanol–water partition coefficient (Wildman–Crippen LogP) is 6.10. The molecule has 6 rings (SSSR count). The van der Waals surface area contributed by atoms with Crippen LogP contribution in [0, 0.1) is 10.1 Å². The summed E-state index contributed by atoms with van der Waals surface area (Å²) in [5.41, 5.74) is 6.36. The van der Waals surface area contributed by atoms with Crippen LogP contribution in [0.25, 0.3) is 0 Å². The van der Waals surface area contributed by atoms with Gasteiger partial charge in [0, 0.05) is 68.6 Å². The molecule has 0 unspecified atom stereocenters. The third kappa shape index (κ3) is 6.00. The van der Waals surface area contributed by atoms with Crippen LogP contribution in [0.3, 0.4) is 0 Å². The van der Waals surface area contributed by atoms with E-state index in [4.69, 9.17) is 0 Å². The molecule has 7 nitrogen and oxygen atoms in total. The first-order valence-electron chi connectivity index (χ1n) is 14.3. The molecule has 41 heavy (non-hydrogen) atoms. The molecule has 1 amide bonds. The zero-order valence-electron chi connectivity index (χ0n) is 23.1. The van der Waals surface area contributed by atoms with Crippen molar-refractivity contribution >= 4 is 17.3 Å². The zero-order valence-corrected chi connectivity index (χ0v) is 23.1. The summed E-state index contributed by atoms with van der Waals surface area (Å²) in [6, 6.07) is 34.3. The second-order valence-electron chi connectivity index (χ2n) is 10.9. The fraction of sp³-hybridized carbons (Fsp3) is 0.265. The molecule has 7 heteroatoms. The summed E-state index contributed by atoms with van der Waals surface area (Å²) in [5.74, 6) is 0.364. The highest BCUT2D eigenvalue weighted by Gasteiger charge is 2.29. The molecule has 0 saturated carbocycles. The molecule has 0 spiro atoms. The van der Waals surface area contributed by atoms with Crippen LogP contribution in [0.1, 0.15) is 45.0 Å². The second-order valence-corrected chi connectivity index (χ2v) is 10.9. The molecule has 0 N–H and O–H groups in total. The van der Waals surface area contributed by atoms with Crippen LogP contribution < -0.4 is 4.90 Å². The fourth-order valence-electron chi connectivity index (χ4n) is 6.10. The van der Waals surface area contributed by atoms with E-state index in [-0.39, 0.29) is 11.6 Å². The number of piperazine rings is 1. The molecule has 208 valence electrons. The Morgan fingerprint density at radius 3 is 2.12 bits per heavy atom. The fourth-order valence-corrected chi connectivity index (χ4v) is 6.10. The molecule has 4 aromatic rings. The minimum atomic E-state index is -0.402. The number of nitro benzene ring substituents is 1. The van der Waals surface area contributed by atoms with Gasteiger partial charge in [-0.15, -0.1) is 0 Å². The third-order valence-corrected chi connectivity index (χ3v) is 8.34. The van der Waals surface area contributed by atoms with E-state index in [0.29, 0.717) is 19.0 Å². The Morgan fingerprint density at radius 2 is 1.46 bits per heavy atom. The minimum Gasteiger partial charge on any atom is -0.369 e. The van der Waals surface area contributed by atoms with Crippen LogP contribution >= 0.6 is 0 Å². The number of non-ortho nitro benzene ring substituents is 1. The number of rotatable bonds is 9. The lowest BCUT2D eigenvalue weighted by Crippen LogP contribution is -2.46. The molecule has 0 radical (unpaired) electrons. The Labute approximate surface area is 240 Å². The van der Waals surface area contributed by atoms with Crippen molar-refractivity contribution < 1.29 is 9.72 Å². The number of carbonyl (C=O) groups excluding carboxylic acids is 1. The van der Waals surface area contributed by atoms with Crippen LogP contribution in [0.5, 0.6) is 0 Å². The Balaban J connectivity index is 1.06. The summed E-state index contributed by atoms with van der Waals surface area (Å²) in [4.78, 5) is 30.7. The number of hydrogen-bond donors (Lipinski definition) is 0. The molecule has 0 atom stereocenters. The summed E-state index contributed by atoms with van der Waals surface area (Å²) < 4.78 is 0. The van der Waals surface area contributed by atoms with Crippen molar-refractivity contribution in [1.82, 2.24) is 9.80 Å². The van der Waals surface area contributed by atoms with Crippen LogP contribution in [-0.2, 0) is 13.1 Å². The monoisotopic (exact) mass is 546 g/mol. The predicted molar refractivity (Wildman–Crippen MR) is 161 cm³/mol. The van der Waals surface area contributed by atoms with Crippen LogP contribution in [0.2, 0.25) is 0 Å². The molecule has 0 aliphatic carbocycles. The third-order valence-electron chi connectivity index (χ3n) is 8.34. The summed E-state index contributed by atoms with van der Waals surface area (Å²) >= 11 is 0. The van der Waals surface area contributed by atoms with E-state index in [0.717, 1.165) is 61.5 Å². The smallest absolute Gasteiger partial charge is 0.269 e. The number of nitrogens with zero attached hydrogens (tertiary/aromatic N) is 4. The molecule has 0 bridgehead atoms. The van der Waals surface area contributed by atoms with Gasteiger partial charge < -0.3 is 9.80 Å². The summed E-state index contributed by atoms with van der Waals surface area (Å²) in [5, 5.41) is 11.1. The molecular weight excluding hydrogens is 512 g/mol. The van der Waals surface area contributed by atoms with Gasteiger partial charge >= 0.3 is 0 Å². The molecule has 2 aliphatic rings. The lowest BCUT2D eigenvalue weighted by molar-refractivity contribution is -0.384. The SMILES string of the molecule is O=C1c2cc(N3CCN(CCC(c4ccccc4)c4ccccc4)CC3)ccc2CN1Cc1cccc([N+](=O)[O-])c1. The highest BCUT2D eigenvalue weighted by atomic mass is 16.6. The maximum Gasteiger partial charge on any atom is 0.269 e. The lowest BCUT2D eigenvalue weighted by atomic mass is 9.88. The van der Waals surface area contributed by atoms with E-state index < -0.39 is 4.92 Å². The van der Waals surface area contributed by atoms with Crippen molar-refractivity contribution in [1.29, 1.82) is 0 Å². The van der Waals surface area contributed by atoms with Gasteiger partial charge in [-0.2, -0.15) is 0 Å². The molecule has 2 aliphatic heterocycles. The Bertz CT molecular complexity index is 1480. The standard InChI is InChI=1S/C34H34N4O3/c39-34-33-23-30(15-14-29(33)25-37(34)24-26-8-7-13-31(22-26)38(40)41)36-20-18-35(19-21-36)17-16-32(27-9-3-1-4-10-27)28-11-5-2-6-12-28/h1-15,22-23,32H,16-21,24-25H2. The lowest BCUT2D eigenvalue weighted by Gasteiger charge is -2.37. The van der Waals surface area contributed by atoms with Gasteiger partial charge in [-0.25, -0.2) is 0 Å². The number of nitro groups is 1. The summed E-state index contributed by atoms with van der Waals surface area (Å²) in [7, 11) is 0. The topological polar surface area (TPSA) is 69.9 Å². The van der Waals surface area contributed by atoms with Crippen LogP contribution in [0.4, 0.5) is 11.4 Å². The first kappa shape index (κ1) is 26.7. The number of benzene rings is 4. The zero-order chi connectivity index (χ0) is 28.2. The van der Waals surface area contributed by atoms with E-state index in [9.17, 15) is 14.9 Å².